The Morgan fingerprint density at radius 3 is 1.61 bits per heavy atom. The third kappa shape index (κ3) is 2.90. The molecule has 0 saturated heterocycles. The number of rotatable bonds is 5. The molecule has 33 heavy (non-hydrogen) atoms. The van der Waals surface area contributed by atoms with Gasteiger partial charge in [-0.05, 0) is 0 Å². The maximum absolute atomic E-state index is 3.01. The molecule has 0 N–H and O–H groups in total. The predicted molar refractivity (Wildman–Crippen MR) is 137 cm³/mol. The second-order valence-corrected chi connectivity index (χ2v) is 24.6. The van der Waals surface area contributed by atoms with Gasteiger partial charge in [0.15, 0.2) is 0 Å². The Morgan fingerprint density at radius 1 is 0.667 bits per heavy atom. The summed E-state index contributed by atoms with van der Waals surface area (Å²) in [5.74, 6) is 2.11. The Bertz CT molecular complexity index is 1080. The maximum atomic E-state index is 3.01. The van der Waals surface area contributed by atoms with Crippen LogP contribution >= 0.6 is 0 Å². The predicted octanol–water partition coefficient (Wildman–Crippen LogP) is 9.59. The molecule has 0 nitrogen and oxygen atoms in total. The van der Waals surface area contributed by atoms with Gasteiger partial charge in [0, 0.05) is 0 Å². The van der Waals surface area contributed by atoms with Crippen molar-refractivity contribution in [3.8, 4) is 0 Å². The van der Waals surface area contributed by atoms with Crippen LogP contribution in [0.25, 0.3) is 11.1 Å². The van der Waals surface area contributed by atoms with Gasteiger partial charge in [-0.25, -0.2) is 0 Å². The number of allylic oxidation sites excluding steroid dienone is 4. The van der Waals surface area contributed by atoms with E-state index in [1.165, 1.54) is 17.5 Å². The van der Waals surface area contributed by atoms with Crippen LogP contribution in [0.1, 0.15) is 81.8 Å². The Morgan fingerprint density at radius 2 is 1.15 bits per heavy atom. The normalized spacial score (nSPS) is 36.5. The van der Waals surface area contributed by atoms with E-state index in [0.717, 1.165) is 18.1 Å². The molecule has 2 aromatic carbocycles. The summed E-state index contributed by atoms with van der Waals surface area (Å²) in [4.78, 5) is 0. The molecular weight excluding hydrogens is 476 g/mol. The first kappa shape index (κ1) is 21.1. The van der Waals surface area contributed by atoms with E-state index in [1.54, 1.807) is 75.4 Å². The average molecular weight is 514 g/mol. The van der Waals surface area contributed by atoms with Crippen LogP contribution in [0.5, 0.6) is 0 Å². The summed E-state index contributed by atoms with van der Waals surface area (Å²) >= 11 is -2.83. The molecule has 0 heterocycles. The Hall–Kier alpha value is -1.20. The van der Waals surface area contributed by atoms with Crippen LogP contribution in [0.3, 0.4) is 0 Å². The molecule has 0 aliphatic heterocycles. The van der Waals surface area contributed by atoms with Crippen molar-refractivity contribution < 1.29 is 20.3 Å². The van der Waals surface area contributed by atoms with Crippen LogP contribution in [0.4, 0.5) is 0 Å². The first-order valence-electron chi connectivity index (χ1n) is 13.7. The molecular formula is C32H38Zr. The summed E-state index contributed by atoms with van der Waals surface area (Å²) in [6.45, 7) is 0. The fourth-order valence-corrected chi connectivity index (χ4v) is 28.7. The molecule has 0 radical (unpaired) electrons. The summed E-state index contributed by atoms with van der Waals surface area (Å²) in [6.07, 6.45) is 19.5. The van der Waals surface area contributed by atoms with Gasteiger partial charge in [0.1, 0.15) is 0 Å². The third-order valence-corrected chi connectivity index (χ3v) is 29.4. The van der Waals surface area contributed by atoms with E-state index in [1.807, 2.05) is 3.28 Å². The number of benzene rings is 2. The first-order chi connectivity index (χ1) is 16.1. The Kier molecular flexibility index (Phi) is 4.90. The summed E-state index contributed by atoms with van der Waals surface area (Å²) in [6, 6.07) is 22.9. The molecule has 1 heteroatoms. The fraction of sp³-hybridized carbons (Fsp3) is 0.500. The van der Waals surface area contributed by atoms with Gasteiger partial charge in [0.2, 0.25) is 0 Å². The van der Waals surface area contributed by atoms with Crippen LogP contribution in [-0.2, 0) is 20.3 Å². The topological polar surface area (TPSA) is 0 Å². The van der Waals surface area contributed by atoms with Crippen LogP contribution in [0.2, 0.25) is 10.9 Å². The van der Waals surface area contributed by atoms with Crippen molar-refractivity contribution in [2.45, 2.75) is 81.5 Å². The van der Waals surface area contributed by atoms with E-state index in [2.05, 4.69) is 71.4 Å². The molecule has 0 amide bonds. The van der Waals surface area contributed by atoms with Gasteiger partial charge >= 0.3 is 206 Å². The standard InChI is InChI=1S/C17H13.2C7H11.CH3.Zr/c1-3-8-14(9-4-1)16-12-7-13-17(16)15-10-5-2-6-11-15;2*1-2-7-4-3-6(1)5-7;;/h1-6,8-12H,7H2;2*6H,1-5H2;1H3;. The Labute approximate surface area is 205 Å². The quantitative estimate of drug-likeness (QED) is 0.373. The van der Waals surface area contributed by atoms with E-state index >= 15 is 0 Å². The van der Waals surface area contributed by atoms with Gasteiger partial charge in [0.05, 0.1) is 0 Å². The van der Waals surface area contributed by atoms with Crippen molar-refractivity contribution in [1.29, 1.82) is 0 Å². The Balaban J connectivity index is 1.48. The van der Waals surface area contributed by atoms with Crippen molar-refractivity contribution in [1.82, 2.24) is 0 Å². The zero-order valence-electron chi connectivity index (χ0n) is 20.3. The molecule has 0 spiro atoms. The van der Waals surface area contributed by atoms with E-state index in [-0.39, 0.29) is 0 Å². The van der Waals surface area contributed by atoms with Gasteiger partial charge in [-0.3, -0.25) is 0 Å². The van der Waals surface area contributed by atoms with Crippen molar-refractivity contribution in [3.63, 3.8) is 0 Å². The number of hydrogen-bond donors (Lipinski definition) is 0. The van der Waals surface area contributed by atoms with E-state index in [9.17, 15) is 0 Å². The molecule has 5 aliphatic rings. The van der Waals surface area contributed by atoms with Crippen molar-refractivity contribution >= 4 is 11.1 Å². The minimum absolute atomic E-state index is 0.744. The van der Waals surface area contributed by atoms with E-state index in [4.69, 9.17) is 0 Å². The summed E-state index contributed by atoms with van der Waals surface area (Å²) < 4.78 is 6.53. The molecule has 7 rings (SSSR count). The van der Waals surface area contributed by atoms with E-state index in [0.29, 0.717) is 0 Å². The van der Waals surface area contributed by atoms with Gasteiger partial charge < -0.3 is 0 Å². The molecule has 5 aliphatic carbocycles. The van der Waals surface area contributed by atoms with E-state index < -0.39 is 20.3 Å². The molecule has 4 bridgehead atoms. The number of hydrogen-bond acceptors (Lipinski definition) is 0. The fourth-order valence-electron chi connectivity index (χ4n) is 9.83. The molecule has 2 aromatic rings. The second-order valence-electron chi connectivity index (χ2n) is 12.4. The van der Waals surface area contributed by atoms with Crippen molar-refractivity contribution in [2.75, 3.05) is 0 Å². The molecule has 0 unspecified atom stereocenters. The van der Waals surface area contributed by atoms with Crippen LogP contribution in [0.15, 0.2) is 70.0 Å². The SMILES string of the molecule is [CH3][Zr]([C]1=C(c2ccccc2)C(c2ccccc2)=CC1)([C]12CCC(CC1)C2)[C]12CCC(CC1)C2. The third-order valence-electron chi connectivity index (χ3n) is 11.4. The van der Waals surface area contributed by atoms with Crippen LogP contribution < -0.4 is 0 Å². The average Bonchev–Trinajstić information content (AvgIpc) is 3.70. The van der Waals surface area contributed by atoms with Crippen molar-refractivity contribution in [2.24, 2.45) is 11.8 Å². The van der Waals surface area contributed by atoms with Gasteiger partial charge in [0.25, 0.3) is 0 Å². The van der Waals surface area contributed by atoms with Crippen molar-refractivity contribution in [3.05, 3.63) is 81.1 Å². The molecule has 4 saturated carbocycles. The van der Waals surface area contributed by atoms with Gasteiger partial charge in [-0.2, -0.15) is 0 Å². The zero-order valence-corrected chi connectivity index (χ0v) is 22.7. The molecule has 170 valence electrons. The van der Waals surface area contributed by atoms with Crippen LogP contribution in [-0.4, -0.2) is 0 Å². The summed E-state index contributed by atoms with van der Waals surface area (Å²) in [5.41, 5.74) is 6.17. The van der Waals surface area contributed by atoms with Crippen LogP contribution in [0, 0.1) is 11.8 Å². The molecule has 4 fully saturated rings. The monoisotopic (exact) mass is 512 g/mol. The summed E-state index contributed by atoms with van der Waals surface area (Å²) in [5, 5.41) is 0. The summed E-state index contributed by atoms with van der Waals surface area (Å²) in [7, 11) is 0. The van der Waals surface area contributed by atoms with Gasteiger partial charge in [-0.1, -0.05) is 0 Å². The molecule has 0 atom stereocenters. The minimum atomic E-state index is -2.83. The first-order valence-corrected chi connectivity index (χ1v) is 19.8. The second kappa shape index (κ2) is 7.65. The van der Waals surface area contributed by atoms with Gasteiger partial charge in [-0.15, -0.1) is 0 Å². The zero-order chi connectivity index (χ0) is 22.1. The number of fused-ring (bicyclic) bond motifs is 4. The molecule has 0 aromatic heterocycles.